The second kappa shape index (κ2) is 7.39. The molecule has 1 aromatic rings. The number of ether oxygens (including phenoxy) is 1. The SMILES string of the molecule is CCCNC(Cc1ccc(F)c(Cl)c1)C1CCOC1C. The van der Waals surface area contributed by atoms with Gasteiger partial charge in [0.2, 0.25) is 0 Å². The van der Waals surface area contributed by atoms with Crippen LogP contribution in [0.1, 0.15) is 32.3 Å². The normalized spacial score (nSPS) is 24.0. The molecule has 0 aromatic heterocycles. The molecule has 1 fully saturated rings. The second-order valence-electron chi connectivity index (χ2n) is 5.54. The number of rotatable bonds is 6. The quantitative estimate of drug-likeness (QED) is 0.862. The summed E-state index contributed by atoms with van der Waals surface area (Å²) in [5.41, 5.74) is 1.07. The molecular weight excluding hydrogens is 277 g/mol. The van der Waals surface area contributed by atoms with Crippen molar-refractivity contribution in [1.29, 1.82) is 0 Å². The lowest BCUT2D eigenvalue weighted by Gasteiger charge is -2.27. The minimum absolute atomic E-state index is 0.201. The second-order valence-corrected chi connectivity index (χ2v) is 5.95. The molecule has 0 radical (unpaired) electrons. The van der Waals surface area contributed by atoms with Crippen molar-refractivity contribution in [3.05, 3.63) is 34.6 Å². The van der Waals surface area contributed by atoms with E-state index in [-0.39, 0.29) is 16.9 Å². The van der Waals surface area contributed by atoms with Gasteiger partial charge in [-0.3, -0.25) is 0 Å². The number of nitrogens with one attached hydrogen (secondary N) is 1. The van der Waals surface area contributed by atoms with Crippen LogP contribution in [0.2, 0.25) is 5.02 Å². The predicted molar refractivity (Wildman–Crippen MR) is 80.7 cm³/mol. The van der Waals surface area contributed by atoms with Crippen LogP contribution in [-0.4, -0.2) is 25.3 Å². The Morgan fingerprint density at radius 3 is 2.90 bits per heavy atom. The molecular formula is C16H23ClFNO. The Bertz CT molecular complexity index is 440. The molecule has 1 aliphatic rings. The summed E-state index contributed by atoms with van der Waals surface area (Å²) in [7, 11) is 0. The first kappa shape index (κ1) is 15.7. The van der Waals surface area contributed by atoms with Crippen LogP contribution < -0.4 is 5.32 Å². The van der Waals surface area contributed by atoms with Crippen LogP contribution in [0.5, 0.6) is 0 Å². The summed E-state index contributed by atoms with van der Waals surface area (Å²) in [4.78, 5) is 0. The van der Waals surface area contributed by atoms with Crippen LogP contribution >= 0.6 is 11.6 Å². The highest BCUT2D eigenvalue weighted by molar-refractivity contribution is 6.30. The molecule has 1 heterocycles. The Balaban J connectivity index is 2.08. The number of benzene rings is 1. The van der Waals surface area contributed by atoms with E-state index in [2.05, 4.69) is 19.2 Å². The molecule has 1 aromatic carbocycles. The average molecular weight is 300 g/mol. The molecule has 0 bridgehead atoms. The molecule has 0 saturated carbocycles. The fourth-order valence-electron chi connectivity index (χ4n) is 2.90. The Morgan fingerprint density at radius 1 is 1.50 bits per heavy atom. The standard InChI is InChI=1S/C16H23ClFNO/c1-3-7-19-16(13-6-8-20-11(13)2)10-12-4-5-15(18)14(17)9-12/h4-5,9,11,13,16,19H,3,6-8,10H2,1-2H3. The van der Waals surface area contributed by atoms with Crippen molar-refractivity contribution in [3.63, 3.8) is 0 Å². The first-order chi connectivity index (χ1) is 9.61. The van der Waals surface area contributed by atoms with Gasteiger partial charge in [-0.15, -0.1) is 0 Å². The van der Waals surface area contributed by atoms with Crippen molar-refractivity contribution in [1.82, 2.24) is 5.32 Å². The number of hydrogen-bond donors (Lipinski definition) is 1. The zero-order valence-corrected chi connectivity index (χ0v) is 12.9. The first-order valence-electron chi connectivity index (χ1n) is 7.40. The van der Waals surface area contributed by atoms with Gasteiger partial charge >= 0.3 is 0 Å². The summed E-state index contributed by atoms with van der Waals surface area (Å²) >= 11 is 5.87. The monoisotopic (exact) mass is 299 g/mol. The van der Waals surface area contributed by atoms with E-state index in [9.17, 15) is 4.39 Å². The van der Waals surface area contributed by atoms with Crippen LogP contribution in [0.4, 0.5) is 4.39 Å². The van der Waals surface area contributed by atoms with Gasteiger partial charge < -0.3 is 10.1 Å². The molecule has 20 heavy (non-hydrogen) atoms. The molecule has 2 nitrogen and oxygen atoms in total. The minimum Gasteiger partial charge on any atom is -0.378 e. The average Bonchev–Trinajstić information content (AvgIpc) is 2.85. The van der Waals surface area contributed by atoms with Gasteiger partial charge in [-0.2, -0.15) is 0 Å². The highest BCUT2D eigenvalue weighted by Gasteiger charge is 2.31. The Hall–Kier alpha value is -0.640. The smallest absolute Gasteiger partial charge is 0.141 e. The van der Waals surface area contributed by atoms with Crippen molar-refractivity contribution in [3.8, 4) is 0 Å². The van der Waals surface area contributed by atoms with Gasteiger partial charge in [0.25, 0.3) is 0 Å². The van der Waals surface area contributed by atoms with Crippen molar-refractivity contribution in [2.75, 3.05) is 13.2 Å². The van der Waals surface area contributed by atoms with E-state index in [1.54, 1.807) is 6.07 Å². The summed E-state index contributed by atoms with van der Waals surface area (Å²) < 4.78 is 18.9. The molecule has 0 amide bonds. The predicted octanol–water partition coefficient (Wildman–Crippen LogP) is 3.81. The number of halogens is 2. The third kappa shape index (κ3) is 3.94. The van der Waals surface area contributed by atoms with Crippen LogP contribution in [0.15, 0.2) is 18.2 Å². The zero-order valence-electron chi connectivity index (χ0n) is 12.2. The lowest BCUT2D eigenvalue weighted by molar-refractivity contribution is 0.0954. The Morgan fingerprint density at radius 2 is 2.30 bits per heavy atom. The molecule has 0 aliphatic carbocycles. The van der Waals surface area contributed by atoms with Crippen molar-refractivity contribution in [2.45, 2.75) is 45.3 Å². The summed E-state index contributed by atoms with van der Waals surface area (Å²) in [6.45, 7) is 6.12. The fourth-order valence-corrected chi connectivity index (χ4v) is 3.10. The van der Waals surface area contributed by atoms with Crippen molar-refractivity contribution in [2.24, 2.45) is 5.92 Å². The van der Waals surface area contributed by atoms with Gasteiger partial charge in [-0.05, 0) is 50.4 Å². The van der Waals surface area contributed by atoms with E-state index < -0.39 is 0 Å². The lowest BCUT2D eigenvalue weighted by Crippen LogP contribution is -2.41. The molecule has 1 saturated heterocycles. The summed E-state index contributed by atoms with van der Waals surface area (Å²) in [6.07, 6.45) is 3.32. The van der Waals surface area contributed by atoms with Gasteiger partial charge in [-0.1, -0.05) is 24.6 Å². The van der Waals surface area contributed by atoms with E-state index in [0.717, 1.165) is 38.0 Å². The van der Waals surface area contributed by atoms with Gasteiger partial charge in [0.1, 0.15) is 5.82 Å². The van der Waals surface area contributed by atoms with Crippen molar-refractivity contribution >= 4 is 11.6 Å². The van der Waals surface area contributed by atoms with Gasteiger partial charge in [0.05, 0.1) is 11.1 Å². The zero-order chi connectivity index (χ0) is 14.5. The minimum atomic E-state index is -0.356. The Kier molecular flexibility index (Phi) is 5.82. The van der Waals surface area contributed by atoms with E-state index >= 15 is 0 Å². The molecule has 0 spiro atoms. The summed E-state index contributed by atoms with van der Waals surface area (Å²) in [5.74, 6) is 0.149. The lowest BCUT2D eigenvalue weighted by atomic mass is 9.88. The van der Waals surface area contributed by atoms with E-state index in [1.807, 2.05) is 6.07 Å². The molecule has 4 heteroatoms. The highest BCUT2D eigenvalue weighted by Crippen LogP contribution is 2.27. The Labute approximate surface area is 125 Å². The molecule has 3 atom stereocenters. The molecule has 2 rings (SSSR count). The molecule has 1 aliphatic heterocycles. The van der Waals surface area contributed by atoms with E-state index in [4.69, 9.17) is 16.3 Å². The molecule has 3 unspecified atom stereocenters. The van der Waals surface area contributed by atoms with Gasteiger partial charge in [0.15, 0.2) is 0 Å². The number of hydrogen-bond acceptors (Lipinski definition) is 2. The van der Waals surface area contributed by atoms with Crippen molar-refractivity contribution < 1.29 is 9.13 Å². The first-order valence-corrected chi connectivity index (χ1v) is 7.78. The highest BCUT2D eigenvalue weighted by atomic mass is 35.5. The third-order valence-electron chi connectivity index (χ3n) is 4.05. The van der Waals surface area contributed by atoms with E-state index in [1.165, 1.54) is 6.07 Å². The van der Waals surface area contributed by atoms with E-state index in [0.29, 0.717) is 12.0 Å². The van der Waals surface area contributed by atoms with Crippen LogP contribution in [0, 0.1) is 11.7 Å². The summed E-state index contributed by atoms with van der Waals surface area (Å²) in [5, 5.41) is 3.81. The fraction of sp³-hybridized carbons (Fsp3) is 0.625. The van der Waals surface area contributed by atoms with Gasteiger partial charge in [-0.25, -0.2) is 4.39 Å². The summed E-state index contributed by atoms with van der Waals surface area (Å²) in [6, 6.07) is 5.36. The largest absolute Gasteiger partial charge is 0.378 e. The van der Waals surface area contributed by atoms with Crippen LogP contribution in [-0.2, 0) is 11.2 Å². The maximum absolute atomic E-state index is 13.2. The third-order valence-corrected chi connectivity index (χ3v) is 4.34. The van der Waals surface area contributed by atoms with Gasteiger partial charge in [0, 0.05) is 18.6 Å². The van der Waals surface area contributed by atoms with Crippen LogP contribution in [0.3, 0.4) is 0 Å². The topological polar surface area (TPSA) is 21.3 Å². The molecule has 1 N–H and O–H groups in total. The maximum Gasteiger partial charge on any atom is 0.141 e. The molecule has 112 valence electrons. The van der Waals surface area contributed by atoms with Crippen LogP contribution in [0.25, 0.3) is 0 Å². The maximum atomic E-state index is 13.2.